The van der Waals surface area contributed by atoms with Crippen LogP contribution in [0.1, 0.15) is 0 Å². The molecule has 7 rings (SSSR count). The lowest BCUT2D eigenvalue weighted by atomic mass is 10.0. The van der Waals surface area contributed by atoms with Crippen molar-refractivity contribution in [3.8, 4) is 28.3 Å². The zero-order valence-corrected chi connectivity index (χ0v) is 21.3. The van der Waals surface area contributed by atoms with Gasteiger partial charge in [-0.3, -0.25) is 14.5 Å². The highest BCUT2D eigenvalue weighted by molar-refractivity contribution is 7.31. The molecule has 0 radical (unpaired) electrons. The molecule has 0 saturated carbocycles. The quantitative estimate of drug-likeness (QED) is 0.111. The Labute approximate surface area is 222 Å². The van der Waals surface area contributed by atoms with E-state index < -0.39 is 8.25 Å². The van der Waals surface area contributed by atoms with Gasteiger partial charge in [-0.25, -0.2) is 9.97 Å². The maximum atomic E-state index is 11.0. The molecule has 0 aliphatic carbocycles. The van der Waals surface area contributed by atoms with Crippen LogP contribution in [0.15, 0.2) is 103 Å². The van der Waals surface area contributed by atoms with Gasteiger partial charge in [0.15, 0.2) is 5.75 Å². The number of hydrogen-bond donors (Lipinski definition) is 1. The molecule has 0 saturated heterocycles. The summed E-state index contributed by atoms with van der Waals surface area (Å²) in [5, 5.41) is 3.47. The van der Waals surface area contributed by atoms with Gasteiger partial charge in [-0.05, 0) is 42.5 Å². The van der Waals surface area contributed by atoms with Crippen molar-refractivity contribution in [3.05, 3.63) is 103 Å². The summed E-state index contributed by atoms with van der Waals surface area (Å²) < 4.78 is 15.6. The molecule has 4 heterocycles. The summed E-state index contributed by atoms with van der Waals surface area (Å²) in [6.07, 6.45) is 3.46. The minimum absolute atomic E-state index is 0.291. The molecule has 1 atom stereocenters. The average molecular weight is 530 g/mol. The van der Waals surface area contributed by atoms with Gasteiger partial charge in [0.05, 0.1) is 27.9 Å². The third-order valence-electron chi connectivity index (χ3n) is 6.60. The van der Waals surface area contributed by atoms with Crippen LogP contribution >= 0.6 is 8.25 Å². The first-order valence-electron chi connectivity index (χ1n) is 12.2. The van der Waals surface area contributed by atoms with Gasteiger partial charge in [-0.2, -0.15) is 0 Å². The number of pyridine rings is 4. The van der Waals surface area contributed by atoms with Gasteiger partial charge in [-0.1, -0.05) is 48.5 Å². The van der Waals surface area contributed by atoms with Crippen molar-refractivity contribution >= 4 is 51.9 Å². The summed E-state index contributed by atoms with van der Waals surface area (Å²) in [6.45, 7) is 0. The molecule has 3 aromatic carbocycles. The maximum absolute atomic E-state index is 11.0. The van der Waals surface area contributed by atoms with Crippen molar-refractivity contribution in [2.45, 2.75) is 0 Å². The first-order chi connectivity index (χ1) is 19.1. The molecule has 1 N–H and O–H groups in total. The Morgan fingerprint density at radius 1 is 0.615 bits per heavy atom. The topological polar surface area (TPSA) is 107 Å². The first-order valence-corrected chi connectivity index (χ1v) is 13.4. The van der Waals surface area contributed by atoms with Crippen molar-refractivity contribution in [1.29, 1.82) is 0 Å². The summed E-state index contributed by atoms with van der Waals surface area (Å²) >= 11 is 0. The second kappa shape index (κ2) is 9.53. The van der Waals surface area contributed by atoms with Crippen LogP contribution in [0.5, 0.6) is 5.75 Å². The zero-order valence-electron chi connectivity index (χ0n) is 20.3. The third-order valence-corrected chi connectivity index (χ3v) is 6.83. The molecular formula is C30H19N4O4P. The fourth-order valence-corrected chi connectivity index (χ4v) is 4.98. The summed E-state index contributed by atoms with van der Waals surface area (Å²) in [5.74, 6) is 0.291. The molecular weight excluding hydrogens is 511 g/mol. The smallest absolute Gasteiger partial charge is 0.328 e. The van der Waals surface area contributed by atoms with E-state index in [1.54, 1.807) is 30.6 Å². The van der Waals surface area contributed by atoms with Crippen LogP contribution in [0, 0.1) is 0 Å². The monoisotopic (exact) mass is 530 g/mol. The normalized spacial score (nSPS) is 12.3. The van der Waals surface area contributed by atoms with E-state index in [0.29, 0.717) is 22.2 Å². The van der Waals surface area contributed by atoms with Crippen molar-refractivity contribution in [1.82, 2.24) is 19.9 Å². The summed E-state index contributed by atoms with van der Waals surface area (Å²) in [6, 6.07) is 29.4. The highest BCUT2D eigenvalue weighted by Gasteiger charge is 2.14. The van der Waals surface area contributed by atoms with Crippen LogP contribution in [-0.2, 0) is 9.24 Å². The highest BCUT2D eigenvalue weighted by atomic mass is 31.1. The van der Waals surface area contributed by atoms with E-state index in [-0.39, 0.29) is 0 Å². The summed E-state index contributed by atoms with van der Waals surface area (Å²) in [5.41, 5.74) is 6.54. The van der Waals surface area contributed by atoms with Crippen molar-refractivity contribution in [3.63, 3.8) is 0 Å². The second-order valence-corrected chi connectivity index (χ2v) is 9.66. The molecule has 0 fully saturated rings. The molecule has 188 valence electrons. The Kier molecular flexibility index (Phi) is 5.71. The molecule has 0 spiro atoms. The minimum atomic E-state index is -3.26. The third kappa shape index (κ3) is 4.27. The van der Waals surface area contributed by atoms with Crippen molar-refractivity contribution < 1.29 is 19.0 Å². The van der Waals surface area contributed by atoms with E-state index in [0.717, 1.165) is 49.7 Å². The number of rotatable bonds is 5. The Morgan fingerprint density at radius 2 is 1.23 bits per heavy atom. The SMILES string of the molecule is O=[PH](O)OOc1cc2ccc(-c3cccc(-c4ccc5ccc6cccnc6c5n4)c3)nc2c2ncccc12. The zero-order chi connectivity index (χ0) is 26.3. The Morgan fingerprint density at radius 3 is 1.97 bits per heavy atom. The molecule has 4 aromatic heterocycles. The maximum Gasteiger partial charge on any atom is 0.355 e. The minimum Gasteiger partial charge on any atom is -0.328 e. The molecule has 8 nitrogen and oxygen atoms in total. The van der Waals surface area contributed by atoms with E-state index in [9.17, 15) is 4.57 Å². The molecule has 0 aliphatic rings. The van der Waals surface area contributed by atoms with Gasteiger partial charge in [0.2, 0.25) is 0 Å². The predicted octanol–water partition coefficient (Wildman–Crippen LogP) is 6.91. The molecule has 0 aliphatic heterocycles. The van der Waals surface area contributed by atoms with Gasteiger partial charge < -0.3 is 9.78 Å². The van der Waals surface area contributed by atoms with Gasteiger partial charge >= 0.3 is 8.25 Å². The van der Waals surface area contributed by atoms with E-state index >= 15 is 0 Å². The van der Waals surface area contributed by atoms with Crippen LogP contribution < -0.4 is 4.89 Å². The molecule has 39 heavy (non-hydrogen) atoms. The summed E-state index contributed by atoms with van der Waals surface area (Å²) in [4.78, 5) is 33.2. The van der Waals surface area contributed by atoms with Crippen molar-refractivity contribution in [2.75, 3.05) is 0 Å². The number of aromatic nitrogens is 4. The molecule has 1 unspecified atom stereocenters. The van der Waals surface area contributed by atoms with Gasteiger partial charge in [0.1, 0.15) is 5.52 Å². The van der Waals surface area contributed by atoms with E-state index in [1.807, 2.05) is 48.5 Å². The van der Waals surface area contributed by atoms with Crippen LogP contribution in [0.4, 0.5) is 0 Å². The predicted molar refractivity (Wildman–Crippen MR) is 151 cm³/mol. The molecule has 0 amide bonds. The van der Waals surface area contributed by atoms with E-state index in [4.69, 9.17) is 19.7 Å². The van der Waals surface area contributed by atoms with Crippen LogP contribution in [-0.4, -0.2) is 24.8 Å². The van der Waals surface area contributed by atoms with Crippen LogP contribution in [0.2, 0.25) is 0 Å². The number of benzene rings is 3. The van der Waals surface area contributed by atoms with Crippen LogP contribution in [0.25, 0.3) is 66.1 Å². The number of fused-ring (bicyclic) bond motifs is 6. The van der Waals surface area contributed by atoms with Crippen LogP contribution in [0.3, 0.4) is 0 Å². The lowest BCUT2D eigenvalue weighted by Gasteiger charge is -2.11. The lowest BCUT2D eigenvalue weighted by molar-refractivity contribution is -0.0997. The highest BCUT2D eigenvalue weighted by Crippen LogP contribution is 2.35. The standard InChI is InChI=1S/C30H19N4O4P/c35-39(36)38-37-26-17-22-11-13-25(34-29(22)30-23(26)7-3-15-32-30)21-5-1-4-20(16-21)24-12-10-19-9-8-18-6-2-14-31-27(18)28(19)33-24/h1-17,39H,(H,35,36). The number of nitrogens with zero attached hydrogens (tertiary/aromatic N) is 4. The Balaban J connectivity index is 1.33. The first kappa shape index (κ1) is 23.4. The fourth-order valence-electron chi connectivity index (χ4n) is 4.82. The number of hydrogen-bond acceptors (Lipinski definition) is 7. The Hall–Kier alpha value is -4.75. The van der Waals surface area contributed by atoms with E-state index in [1.165, 1.54) is 0 Å². The average Bonchev–Trinajstić information content (AvgIpc) is 2.99. The van der Waals surface area contributed by atoms with Gasteiger partial charge in [0.25, 0.3) is 0 Å². The van der Waals surface area contributed by atoms with Gasteiger partial charge in [-0.15, -0.1) is 4.67 Å². The van der Waals surface area contributed by atoms with E-state index in [2.05, 4.69) is 38.9 Å². The summed E-state index contributed by atoms with van der Waals surface area (Å²) in [7, 11) is -3.26. The lowest BCUT2D eigenvalue weighted by Crippen LogP contribution is -1.94. The largest absolute Gasteiger partial charge is 0.355 e. The molecule has 7 aromatic rings. The van der Waals surface area contributed by atoms with Crippen molar-refractivity contribution in [2.24, 2.45) is 0 Å². The second-order valence-electron chi connectivity index (χ2n) is 8.96. The fraction of sp³-hybridized carbons (Fsp3) is 0. The molecule has 9 heteroatoms. The van der Waals surface area contributed by atoms with Gasteiger partial charge in [0, 0.05) is 45.1 Å². The Bertz CT molecular complexity index is 2080. The molecule has 0 bridgehead atoms.